The molecule has 1 heterocycles. The van der Waals surface area contributed by atoms with E-state index < -0.39 is 10.0 Å². The summed E-state index contributed by atoms with van der Waals surface area (Å²) in [5, 5.41) is 3.00. The van der Waals surface area contributed by atoms with Crippen LogP contribution in [0.3, 0.4) is 0 Å². The van der Waals surface area contributed by atoms with E-state index in [2.05, 4.69) is 21.2 Å². The van der Waals surface area contributed by atoms with Crippen LogP contribution in [0.5, 0.6) is 0 Å². The number of piperidine rings is 1. The minimum absolute atomic E-state index is 0.122. The molecule has 27 heavy (non-hydrogen) atoms. The van der Waals surface area contributed by atoms with Gasteiger partial charge in [0, 0.05) is 23.2 Å². The van der Waals surface area contributed by atoms with Gasteiger partial charge in [-0.05, 0) is 62.1 Å². The van der Waals surface area contributed by atoms with Crippen LogP contribution in [0.15, 0.2) is 51.8 Å². The van der Waals surface area contributed by atoms with Gasteiger partial charge in [0.1, 0.15) is 0 Å². The van der Waals surface area contributed by atoms with Crippen molar-refractivity contribution in [3.63, 3.8) is 0 Å². The minimum atomic E-state index is -3.60. The zero-order valence-electron chi connectivity index (χ0n) is 15.4. The number of rotatable bonds is 4. The summed E-state index contributed by atoms with van der Waals surface area (Å²) in [5.41, 5.74) is 2.81. The van der Waals surface area contributed by atoms with Crippen molar-refractivity contribution < 1.29 is 13.2 Å². The maximum absolute atomic E-state index is 12.9. The second-order valence-electron chi connectivity index (χ2n) is 6.91. The van der Waals surface area contributed by atoms with Crippen LogP contribution in [-0.4, -0.2) is 31.7 Å². The van der Waals surface area contributed by atoms with Gasteiger partial charge < -0.3 is 5.32 Å². The highest BCUT2D eigenvalue weighted by atomic mass is 79.9. The van der Waals surface area contributed by atoms with Gasteiger partial charge >= 0.3 is 0 Å². The second-order valence-corrected chi connectivity index (χ2v) is 9.77. The smallest absolute Gasteiger partial charge is 0.243 e. The van der Waals surface area contributed by atoms with Crippen molar-refractivity contribution >= 4 is 37.5 Å². The maximum atomic E-state index is 12.9. The molecule has 1 aliphatic rings. The number of hydrogen-bond donors (Lipinski definition) is 1. The summed E-state index contributed by atoms with van der Waals surface area (Å²) in [5.74, 6) is -0.480. The highest BCUT2D eigenvalue weighted by Crippen LogP contribution is 2.27. The number of nitrogens with zero attached hydrogens (tertiary/aromatic N) is 1. The number of anilines is 1. The van der Waals surface area contributed by atoms with E-state index in [0.29, 0.717) is 19.4 Å². The third-order valence-corrected chi connectivity index (χ3v) is 7.34. The van der Waals surface area contributed by atoms with Gasteiger partial charge in [0.2, 0.25) is 15.9 Å². The number of sulfonamides is 1. The molecule has 1 amide bonds. The van der Waals surface area contributed by atoms with E-state index in [1.54, 1.807) is 24.3 Å². The molecule has 2 aromatic carbocycles. The van der Waals surface area contributed by atoms with Crippen LogP contribution < -0.4 is 5.32 Å². The molecule has 0 unspecified atom stereocenters. The molecule has 0 radical (unpaired) electrons. The summed E-state index contributed by atoms with van der Waals surface area (Å²) in [4.78, 5) is 13.0. The highest BCUT2D eigenvalue weighted by Gasteiger charge is 2.33. The number of benzene rings is 2. The highest BCUT2D eigenvalue weighted by molar-refractivity contribution is 9.10. The molecule has 0 aliphatic carbocycles. The van der Waals surface area contributed by atoms with Crippen LogP contribution in [-0.2, 0) is 14.8 Å². The molecule has 2 aromatic rings. The first-order chi connectivity index (χ1) is 12.8. The van der Waals surface area contributed by atoms with Crippen LogP contribution in [0.4, 0.5) is 5.69 Å². The van der Waals surface area contributed by atoms with Gasteiger partial charge in [-0.2, -0.15) is 4.31 Å². The summed E-state index contributed by atoms with van der Waals surface area (Å²) >= 11 is 3.32. The first-order valence-corrected chi connectivity index (χ1v) is 11.1. The third kappa shape index (κ3) is 4.42. The third-order valence-electron chi connectivity index (χ3n) is 4.94. The predicted molar refractivity (Wildman–Crippen MR) is 110 cm³/mol. The number of carbonyl (C=O) groups excluding carboxylic acids is 1. The summed E-state index contributed by atoms with van der Waals surface area (Å²) in [7, 11) is -3.60. The molecule has 5 nitrogen and oxygen atoms in total. The Morgan fingerprint density at radius 2 is 1.74 bits per heavy atom. The molecule has 1 aliphatic heterocycles. The van der Waals surface area contributed by atoms with E-state index in [9.17, 15) is 13.2 Å². The molecule has 0 aromatic heterocycles. The molecule has 144 valence electrons. The zero-order chi connectivity index (χ0) is 19.6. The zero-order valence-corrected chi connectivity index (χ0v) is 17.8. The molecule has 0 saturated carbocycles. The fourth-order valence-corrected chi connectivity index (χ4v) is 5.16. The van der Waals surface area contributed by atoms with Crippen molar-refractivity contribution in [2.75, 3.05) is 18.4 Å². The first kappa shape index (κ1) is 20.0. The Bertz CT molecular complexity index is 922. The van der Waals surface area contributed by atoms with Crippen molar-refractivity contribution in [3.8, 4) is 0 Å². The molecule has 7 heteroatoms. The van der Waals surface area contributed by atoms with Crippen molar-refractivity contribution in [1.82, 2.24) is 4.31 Å². The Hall–Kier alpha value is -1.70. The van der Waals surface area contributed by atoms with Gasteiger partial charge in [0.15, 0.2) is 0 Å². The predicted octanol–water partition coefficient (Wildman–Crippen LogP) is 4.11. The molecule has 1 N–H and O–H groups in total. The first-order valence-electron chi connectivity index (χ1n) is 8.92. The molecule has 1 saturated heterocycles. The van der Waals surface area contributed by atoms with Gasteiger partial charge in [-0.1, -0.05) is 34.1 Å². The molecule has 0 spiro atoms. The lowest BCUT2D eigenvalue weighted by Crippen LogP contribution is -2.43. The number of hydrogen-bond acceptors (Lipinski definition) is 3. The van der Waals surface area contributed by atoms with E-state index in [0.717, 1.165) is 21.3 Å². The van der Waals surface area contributed by atoms with Gasteiger partial charge in [0.25, 0.3) is 0 Å². The standard InChI is InChI=1S/C20H23BrN2O3S/c1-14-5-3-6-15(2)19(14)22-20(24)16-7-4-12-23(13-16)27(25,26)18-10-8-17(21)9-11-18/h3,5-6,8-11,16H,4,7,12-13H2,1-2H3,(H,22,24)/t16-/m0/s1. The lowest BCUT2D eigenvalue weighted by atomic mass is 9.98. The van der Waals surface area contributed by atoms with Crippen LogP contribution in [0.25, 0.3) is 0 Å². The van der Waals surface area contributed by atoms with Gasteiger partial charge in [0.05, 0.1) is 10.8 Å². The number of halogens is 1. The number of nitrogens with one attached hydrogen (secondary N) is 1. The Labute approximate surface area is 169 Å². The van der Waals surface area contributed by atoms with E-state index in [4.69, 9.17) is 0 Å². The minimum Gasteiger partial charge on any atom is -0.325 e. The van der Waals surface area contributed by atoms with E-state index in [-0.39, 0.29) is 23.3 Å². The Morgan fingerprint density at radius 3 is 2.37 bits per heavy atom. The molecule has 0 bridgehead atoms. The molecule has 1 atom stereocenters. The van der Waals surface area contributed by atoms with Gasteiger partial charge in [-0.3, -0.25) is 4.79 Å². The normalized spacial score (nSPS) is 18.3. The maximum Gasteiger partial charge on any atom is 0.243 e. The van der Waals surface area contributed by atoms with Crippen LogP contribution in [0, 0.1) is 19.8 Å². The SMILES string of the molecule is Cc1cccc(C)c1NC(=O)[C@H]1CCCN(S(=O)(=O)c2ccc(Br)cc2)C1. The number of aryl methyl sites for hydroxylation is 2. The Kier molecular flexibility index (Phi) is 6.03. The lowest BCUT2D eigenvalue weighted by molar-refractivity contribution is -0.120. The van der Waals surface area contributed by atoms with E-state index >= 15 is 0 Å². The quantitative estimate of drug-likeness (QED) is 0.761. The van der Waals surface area contributed by atoms with Gasteiger partial charge in [-0.15, -0.1) is 0 Å². The van der Waals surface area contributed by atoms with Gasteiger partial charge in [-0.25, -0.2) is 8.42 Å². The lowest BCUT2D eigenvalue weighted by Gasteiger charge is -2.31. The monoisotopic (exact) mass is 450 g/mol. The number of amides is 1. The summed E-state index contributed by atoms with van der Waals surface area (Å²) in [6, 6.07) is 12.4. The average molecular weight is 451 g/mol. The second kappa shape index (κ2) is 8.12. The van der Waals surface area contributed by atoms with Crippen molar-refractivity contribution in [1.29, 1.82) is 0 Å². The van der Waals surface area contributed by atoms with E-state index in [1.807, 2.05) is 32.0 Å². The Balaban J connectivity index is 1.75. The summed E-state index contributed by atoms with van der Waals surface area (Å²) < 4.78 is 28.1. The van der Waals surface area contributed by atoms with Crippen molar-refractivity contribution in [3.05, 3.63) is 58.1 Å². The van der Waals surface area contributed by atoms with Crippen molar-refractivity contribution in [2.45, 2.75) is 31.6 Å². The number of para-hydroxylation sites is 1. The topological polar surface area (TPSA) is 66.5 Å². The fourth-order valence-electron chi connectivity index (χ4n) is 3.37. The van der Waals surface area contributed by atoms with Crippen LogP contribution in [0.2, 0.25) is 0 Å². The Morgan fingerprint density at radius 1 is 1.11 bits per heavy atom. The largest absolute Gasteiger partial charge is 0.325 e. The number of carbonyl (C=O) groups is 1. The van der Waals surface area contributed by atoms with E-state index in [1.165, 1.54) is 4.31 Å². The van der Waals surface area contributed by atoms with Crippen LogP contribution in [0.1, 0.15) is 24.0 Å². The summed E-state index contributed by atoms with van der Waals surface area (Å²) in [6.07, 6.45) is 1.35. The molecular weight excluding hydrogens is 428 g/mol. The fraction of sp³-hybridized carbons (Fsp3) is 0.350. The average Bonchev–Trinajstić information content (AvgIpc) is 2.65. The summed E-state index contributed by atoms with van der Waals surface area (Å²) in [6.45, 7) is 4.54. The molecule has 3 rings (SSSR count). The van der Waals surface area contributed by atoms with Crippen LogP contribution >= 0.6 is 15.9 Å². The van der Waals surface area contributed by atoms with Crippen molar-refractivity contribution in [2.24, 2.45) is 5.92 Å². The molecular formula is C20H23BrN2O3S. The molecule has 1 fully saturated rings.